The van der Waals surface area contributed by atoms with Crippen molar-refractivity contribution < 1.29 is 29.3 Å². The lowest BCUT2D eigenvalue weighted by molar-refractivity contribution is -0.201. The van der Waals surface area contributed by atoms with Crippen LogP contribution >= 0.6 is 0 Å². The SMILES string of the molecule is CN(c1ccc(N)cc1)c1cccc([C@@H]2O[C@@H]3C[C@H]4[C@@H]5CCC6=CC(=O)C=C[C@]6(C)[C@H]5[C@@H](O)C[C@]4(C)[C@]3(C(=O)CO)O2)c1. The molecule has 1 saturated heterocycles. The Bertz CT molecular complexity index is 1530. The molecule has 0 amide bonds. The number of carbonyl (C=O) groups excluding carboxylic acids is 2. The van der Waals surface area contributed by atoms with E-state index in [0.717, 1.165) is 35.4 Å². The molecule has 0 unspecified atom stereocenters. The van der Waals surface area contributed by atoms with Gasteiger partial charge in [0.2, 0.25) is 0 Å². The first-order valence-corrected chi connectivity index (χ1v) is 15.3. The van der Waals surface area contributed by atoms with E-state index in [9.17, 15) is 19.8 Å². The number of benzene rings is 2. The number of nitrogens with two attached hydrogens (primary N) is 1. The minimum atomic E-state index is -1.38. The summed E-state index contributed by atoms with van der Waals surface area (Å²) in [4.78, 5) is 28.0. The molecule has 0 bridgehead atoms. The summed E-state index contributed by atoms with van der Waals surface area (Å²) in [6, 6.07) is 15.5. The van der Waals surface area contributed by atoms with Crippen LogP contribution in [0.25, 0.3) is 0 Å². The minimum absolute atomic E-state index is 0.000488. The van der Waals surface area contributed by atoms with E-state index in [0.29, 0.717) is 18.5 Å². The van der Waals surface area contributed by atoms with Crippen molar-refractivity contribution in [1.29, 1.82) is 0 Å². The topological polar surface area (TPSA) is 122 Å². The van der Waals surface area contributed by atoms with Crippen LogP contribution in [-0.2, 0) is 19.1 Å². The molecule has 0 spiro atoms. The van der Waals surface area contributed by atoms with Gasteiger partial charge >= 0.3 is 0 Å². The standard InChI is InChI=1S/C35H40N2O6/c1-33-14-13-25(39)16-21(33)7-12-26-27-17-30-35(29(41)19-38,34(27,2)18-28(40)31(26)33)43-32(42-30)20-5-4-6-24(15-20)37(3)23-10-8-22(36)9-11-23/h4-6,8-11,13-16,26-28,30-32,38,40H,7,12,17-19,36H2,1-3H3/t26-,27-,28-,30+,31+,32+,33-,34-,35+/m0/s1. The van der Waals surface area contributed by atoms with Gasteiger partial charge < -0.3 is 30.3 Å². The first kappa shape index (κ1) is 28.5. The van der Waals surface area contributed by atoms with Gasteiger partial charge in [0.25, 0.3) is 0 Å². The number of carbonyl (C=O) groups is 2. The molecule has 43 heavy (non-hydrogen) atoms. The quantitative estimate of drug-likeness (QED) is 0.435. The van der Waals surface area contributed by atoms with Gasteiger partial charge in [-0.3, -0.25) is 9.59 Å². The second kappa shape index (κ2) is 9.86. The zero-order valence-electron chi connectivity index (χ0n) is 24.9. The summed E-state index contributed by atoms with van der Waals surface area (Å²) in [6.45, 7) is 3.52. The third-order valence-corrected chi connectivity index (χ3v) is 11.6. The van der Waals surface area contributed by atoms with Crippen LogP contribution in [0.4, 0.5) is 17.1 Å². The number of allylic oxidation sites excluding steroid dienone is 4. The maximum Gasteiger partial charge on any atom is 0.193 e. The van der Waals surface area contributed by atoms with Crippen LogP contribution in [-0.4, -0.2) is 53.2 Å². The lowest BCUT2D eigenvalue weighted by Crippen LogP contribution is -2.63. The lowest BCUT2D eigenvalue weighted by atomic mass is 9.46. The Balaban J connectivity index is 1.21. The van der Waals surface area contributed by atoms with E-state index in [4.69, 9.17) is 15.2 Å². The highest BCUT2D eigenvalue weighted by Gasteiger charge is 2.75. The van der Waals surface area contributed by atoms with Crippen LogP contribution in [0.1, 0.15) is 51.4 Å². The zero-order chi connectivity index (χ0) is 30.3. The van der Waals surface area contributed by atoms with Gasteiger partial charge in [0.05, 0.1) is 12.2 Å². The largest absolute Gasteiger partial charge is 0.399 e. The molecule has 5 aliphatic rings. The third-order valence-electron chi connectivity index (χ3n) is 11.6. The number of fused-ring (bicyclic) bond motifs is 7. The molecule has 1 heterocycles. The van der Waals surface area contributed by atoms with Crippen LogP contribution in [0.15, 0.2) is 72.3 Å². The molecule has 8 heteroatoms. The molecule has 4 fully saturated rings. The average Bonchev–Trinajstić information content (AvgIpc) is 3.50. The van der Waals surface area contributed by atoms with Gasteiger partial charge in [0.1, 0.15) is 6.61 Å². The minimum Gasteiger partial charge on any atom is -0.399 e. The first-order valence-electron chi connectivity index (χ1n) is 15.3. The molecule has 0 radical (unpaired) electrons. The van der Waals surface area contributed by atoms with Crippen LogP contribution in [0.3, 0.4) is 0 Å². The lowest BCUT2D eigenvalue weighted by Gasteiger charge is -2.59. The maximum absolute atomic E-state index is 13.8. The van der Waals surface area contributed by atoms with Gasteiger partial charge in [0.15, 0.2) is 23.5 Å². The number of hydrogen-bond donors (Lipinski definition) is 3. The number of ketones is 2. The smallest absolute Gasteiger partial charge is 0.193 e. The second-order valence-corrected chi connectivity index (χ2v) is 13.6. The van der Waals surface area contributed by atoms with E-state index < -0.39 is 47.3 Å². The van der Waals surface area contributed by atoms with Crippen molar-refractivity contribution in [2.75, 3.05) is 24.3 Å². The number of anilines is 3. The summed E-state index contributed by atoms with van der Waals surface area (Å²) < 4.78 is 13.4. The summed E-state index contributed by atoms with van der Waals surface area (Å²) in [7, 11) is 1.97. The second-order valence-electron chi connectivity index (χ2n) is 13.6. The molecular formula is C35H40N2O6. The van der Waals surface area contributed by atoms with Crippen LogP contribution in [0.5, 0.6) is 0 Å². The van der Waals surface area contributed by atoms with Crippen molar-refractivity contribution >= 4 is 28.6 Å². The number of aliphatic hydroxyl groups excluding tert-OH is 2. The first-order chi connectivity index (χ1) is 20.5. The van der Waals surface area contributed by atoms with E-state index in [2.05, 4.69) is 13.8 Å². The molecule has 0 aromatic heterocycles. The fourth-order valence-electron chi connectivity index (χ4n) is 9.56. The Hall–Kier alpha value is -3.30. The normalized spacial score (nSPS) is 39.4. The van der Waals surface area contributed by atoms with Crippen molar-refractivity contribution in [3.05, 3.63) is 77.9 Å². The van der Waals surface area contributed by atoms with Crippen LogP contribution in [0.2, 0.25) is 0 Å². The Labute approximate surface area is 252 Å². The molecule has 7 rings (SSSR count). The number of nitrogens with zero attached hydrogens (tertiary/aromatic N) is 1. The van der Waals surface area contributed by atoms with E-state index in [1.807, 2.05) is 66.6 Å². The molecule has 4 aliphatic carbocycles. The number of rotatable bonds is 5. The van der Waals surface area contributed by atoms with Gasteiger partial charge in [-0.2, -0.15) is 0 Å². The average molecular weight is 585 g/mol. The number of aliphatic hydroxyl groups is 2. The fraction of sp³-hybridized carbons (Fsp3) is 0.486. The summed E-state index contributed by atoms with van der Waals surface area (Å²) in [5.41, 5.74) is 7.81. The molecule has 4 N–H and O–H groups in total. The molecule has 2 aromatic carbocycles. The van der Waals surface area contributed by atoms with Crippen molar-refractivity contribution in [1.82, 2.24) is 0 Å². The third kappa shape index (κ3) is 3.96. The van der Waals surface area contributed by atoms with Crippen molar-refractivity contribution in [3.63, 3.8) is 0 Å². The Morgan fingerprint density at radius 1 is 1.14 bits per heavy atom. The summed E-state index contributed by atoms with van der Waals surface area (Å²) in [6.07, 6.45) is 5.85. The summed E-state index contributed by atoms with van der Waals surface area (Å²) >= 11 is 0. The molecule has 8 nitrogen and oxygen atoms in total. The monoisotopic (exact) mass is 584 g/mol. The number of hydrogen-bond acceptors (Lipinski definition) is 8. The van der Waals surface area contributed by atoms with Gasteiger partial charge in [-0.05, 0) is 86.1 Å². The highest BCUT2D eigenvalue weighted by Crippen LogP contribution is 2.70. The van der Waals surface area contributed by atoms with Crippen LogP contribution < -0.4 is 10.6 Å². The Kier molecular flexibility index (Phi) is 6.53. The molecule has 9 atom stereocenters. The van der Waals surface area contributed by atoms with Crippen LogP contribution in [0, 0.1) is 28.6 Å². The maximum atomic E-state index is 13.8. The Morgan fingerprint density at radius 2 is 1.91 bits per heavy atom. The van der Waals surface area contributed by atoms with E-state index in [-0.39, 0.29) is 23.5 Å². The summed E-state index contributed by atoms with van der Waals surface area (Å²) in [5, 5.41) is 22.1. The highest BCUT2D eigenvalue weighted by atomic mass is 16.7. The van der Waals surface area contributed by atoms with Crippen molar-refractivity contribution in [3.8, 4) is 0 Å². The predicted molar refractivity (Wildman–Crippen MR) is 162 cm³/mol. The van der Waals surface area contributed by atoms with E-state index in [1.165, 1.54) is 0 Å². The van der Waals surface area contributed by atoms with Crippen molar-refractivity contribution in [2.45, 2.75) is 63.6 Å². The Morgan fingerprint density at radius 3 is 2.65 bits per heavy atom. The van der Waals surface area contributed by atoms with E-state index >= 15 is 0 Å². The number of ether oxygens (including phenoxy) is 2. The number of Topliss-reactive ketones (excluding diaryl/α,β-unsaturated/α-hetero) is 1. The van der Waals surface area contributed by atoms with Gasteiger partial charge in [-0.15, -0.1) is 0 Å². The molecule has 1 aliphatic heterocycles. The van der Waals surface area contributed by atoms with Gasteiger partial charge in [-0.25, -0.2) is 0 Å². The fourth-order valence-corrected chi connectivity index (χ4v) is 9.56. The highest BCUT2D eigenvalue weighted by molar-refractivity contribution is 6.01. The molecule has 226 valence electrons. The molecule has 2 aromatic rings. The molecular weight excluding hydrogens is 544 g/mol. The van der Waals surface area contributed by atoms with E-state index in [1.54, 1.807) is 12.2 Å². The predicted octanol–water partition coefficient (Wildman–Crippen LogP) is 4.64. The molecule has 3 saturated carbocycles. The van der Waals surface area contributed by atoms with Crippen molar-refractivity contribution in [2.24, 2.45) is 28.6 Å². The number of nitrogen functional groups attached to an aromatic ring is 1. The van der Waals surface area contributed by atoms with Gasteiger partial charge in [0, 0.05) is 46.4 Å². The zero-order valence-corrected chi connectivity index (χ0v) is 24.9. The van der Waals surface area contributed by atoms with Gasteiger partial charge in [-0.1, -0.05) is 37.6 Å². The summed E-state index contributed by atoms with van der Waals surface area (Å²) in [5.74, 6) is -0.302.